The molecule has 0 saturated heterocycles. The topological polar surface area (TPSA) is 57.1 Å². The quantitative estimate of drug-likeness (QED) is 0.603. The molecule has 1 aromatic carbocycles. The Morgan fingerprint density at radius 1 is 1.27 bits per heavy atom. The van der Waals surface area contributed by atoms with Crippen molar-refractivity contribution in [2.45, 2.75) is 0 Å². The van der Waals surface area contributed by atoms with Gasteiger partial charge in [0.1, 0.15) is 0 Å². The monoisotopic (exact) mass is 206 g/mol. The lowest BCUT2D eigenvalue weighted by Gasteiger charge is -2.01. The molecule has 0 saturated carbocycles. The Kier molecular flexibility index (Phi) is 3.79. The summed E-state index contributed by atoms with van der Waals surface area (Å²) in [6.07, 6.45) is 0. The number of hydrogen-bond donors (Lipinski definition) is 1. The third-order valence-corrected chi connectivity index (χ3v) is 1.70. The van der Waals surface area contributed by atoms with E-state index in [2.05, 4.69) is 15.7 Å². The van der Waals surface area contributed by atoms with E-state index in [0.29, 0.717) is 5.56 Å². The summed E-state index contributed by atoms with van der Waals surface area (Å²) in [7, 11) is 5.19. The molecule has 0 unspecified atom stereocenters. The molecule has 80 valence electrons. The van der Waals surface area contributed by atoms with Crippen molar-refractivity contribution in [3.05, 3.63) is 29.8 Å². The predicted octanol–water partition coefficient (Wildman–Crippen LogP) is 1.61. The molecule has 1 rings (SSSR count). The van der Waals surface area contributed by atoms with Gasteiger partial charge in [0.15, 0.2) is 0 Å². The smallest absolute Gasteiger partial charge is 0.251 e. The number of benzene rings is 1. The lowest BCUT2D eigenvalue weighted by atomic mass is 10.2. The second-order valence-electron chi connectivity index (χ2n) is 3.16. The molecule has 1 amide bonds. The highest BCUT2D eigenvalue weighted by Crippen LogP contribution is 2.13. The Hall–Kier alpha value is -1.91. The van der Waals surface area contributed by atoms with Gasteiger partial charge in [0.25, 0.3) is 5.91 Å². The molecule has 15 heavy (non-hydrogen) atoms. The third-order valence-electron chi connectivity index (χ3n) is 1.70. The largest absolute Gasteiger partial charge is 0.355 e. The zero-order chi connectivity index (χ0) is 11.3. The number of nitrogens with zero attached hydrogens (tertiary/aromatic N) is 3. The van der Waals surface area contributed by atoms with Crippen molar-refractivity contribution in [3.8, 4) is 0 Å². The molecule has 0 radical (unpaired) electrons. The summed E-state index contributed by atoms with van der Waals surface area (Å²) in [5, 5.41) is 12.0. The molecule has 0 spiro atoms. The van der Waals surface area contributed by atoms with E-state index in [-0.39, 0.29) is 5.91 Å². The summed E-state index contributed by atoms with van der Waals surface area (Å²) in [5.41, 5.74) is 1.33. The summed E-state index contributed by atoms with van der Waals surface area (Å²) < 4.78 is 0. The summed E-state index contributed by atoms with van der Waals surface area (Å²) in [5.74, 6) is -0.105. The molecule has 0 aromatic heterocycles. The van der Waals surface area contributed by atoms with Gasteiger partial charge in [-0.15, -0.1) is 5.11 Å². The van der Waals surface area contributed by atoms with E-state index in [9.17, 15) is 4.79 Å². The molecule has 5 nitrogen and oxygen atoms in total. The van der Waals surface area contributed by atoms with E-state index in [1.807, 2.05) is 0 Å². The molecule has 0 bridgehead atoms. The van der Waals surface area contributed by atoms with Gasteiger partial charge >= 0.3 is 0 Å². The first-order valence-electron chi connectivity index (χ1n) is 4.54. The maximum atomic E-state index is 11.2. The van der Waals surface area contributed by atoms with Gasteiger partial charge < -0.3 is 5.32 Å². The van der Waals surface area contributed by atoms with Gasteiger partial charge in [0, 0.05) is 26.7 Å². The fraction of sp³-hybridized carbons (Fsp3) is 0.300. The molecular weight excluding hydrogens is 192 g/mol. The van der Waals surface area contributed by atoms with E-state index in [1.54, 1.807) is 50.4 Å². The van der Waals surface area contributed by atoms with Crippen LogP contribution in [0, 0.1) is 0 Å². The molecule has 1 aromatic rings. The molecule has 0 aliphatic carbocycles. The highest BCUT2D eigenvalue weighted by atomic mass is 16.1. The molecule has 5 heteroatoms. The first kappa shape index (κ1) is 11.2. The summed E-state index contributed by atoms with van der Waals surface area (Å²) >= 11 is 0. The summed E-state index contributed by atoms with van der Waals surface area (Å²) in [6.45, 7) is 0. The normalized spacial score (nSPS) is 10.3. The maximum absolute atomic E-state index is 11.2. The van der Waals surface area contributed by atoms with Crippen LogP contribution in [0.25, 0.3) is 0 Å². The van der Waals surface area contributed by atoms with Gasteiger partial charge in [0.05, 0.1) is 5.69 Å². The predicted molar refractivity (Wildman–Crippen MR) is 58.0 cm³/mol. The first-order chi connectivity index (χ1) is 7.13. The van der Waals surface area contributed by atoms with Gasteiger partial charge in [-0.1, -0.05) is 5.22 Å². The van der Waals surface area contributed by atoms with Crippen molar-refractivity contribution in [2.75, 3.05) is 21.1 Å². The summed E-state index contributed by atoms with van der Waals surface area (Å²) in [4.78, 5) is 11.2. The molecule has 0 atom stereocenters. The van der Waals surface area contributed by atoms with Gasteiger partial charge in [-0.3, -0.25) is 9.80 Å². The number of nitrogens with one attached hydrogen (secondary N) is 1. The average Bonchev–Trinajstić information content (AvgIpc) is 2.26. The highest BCUT2D eigenvalue weighted by Gasteiger charge is 2.01. The average molecular weight is 206 g/mol. The molecule has 0 aliphatic rings. The van der Waals surface area contributed by atoms with Crippen molar-refractivity contribution in [1.82, 2.24) is 10.3 Å². The van der Waals surface area contributed by atoms with E-state index < -0.39 is 0 Å². The summed E-state index contributed by atoms with van der Waals surface area (Å²) in [6, 6.07) is 6.92. The molecule has 0 heterocycles. The van der Waals surface area contributed by atoms with Crippen LogP contribution in [0.1, 0.15) is 10.4 Å². The Morgan fingerprint density at radius 3 is 2.33 bits per heavy atom. The van der Waals surface area contributed by atoms with Crippen LogP contribution >= 0.6 is 0 Å². The fourth-order valence-corrected chi connectivity index (χ4v) is 0.965. The molecule has 1 N–H and O–H groups in total. The van der Waals surface area contributed by atoms with Gasteiger partial charge in [-0.05, 0) is 24.3 Å². The number of amides is 1. The Morgan fingerprint density at radius 2 is 1.87 bits per heavy atom. The van der Waals surface area contributed by atoms with Gasteiger partial charge in [-0.25, -0.2) is 0 Å². The Labute approximate surface area is 88.8 Å². The van der Waals surface area contributed by atoms with Crippen molar-refractivity contribution in [1.29, 1.82) is 0 Å². The van der Waals surface area contributed by atoms with Crippen molar-refractivity contribution < 1.29 is 4.79 Å². The van der Waals surface area contributed by atoms with Crippen LogP contribution in [-0.4, -0.2) is 32.1 Å². The van der Waals surface area contributed by atoms with E-state index >= 15 is 0 Å². The maximum Gasteiger partial charge on any atom is 0.251 e. The van der Waals surface area contributed by atoms with Crippen LogP contribution < -0.4 is 5.32 Å². The van der Waals surface area contributed by atoms with E-state index in [4.69, 9.17) is 0 Å². The van der Waals surface area contributed by atoms with Crippen LogP contribution in [0.15, 0.2) is 34.6 Å². The van der Waals surface area contributed by atoms with Crippen molar-refractivity contribution >= 4 is 11.6 Å². The number of carbonyl (C=O) groups is 1. The van der Waals surface area contributed by atoms with Crippen LogP contribution in [0.4, 0.5) is 5.69 Å². The van der Waals surface area contributed by atoms with E-state index in [0.717, 1.165) is 5.69 Å². The van der Waals surface area contributed by atoms with Crippen LogP contribution in [0.2, 0.25) is 0 Å². The van der Waals surface area contributed by atoms with Crippen LogP contribution in [0.3, 0.4) is 0 Å². The fourth-order valence-electron chi connectivity index (χ4n) is 0.965. The minimum atomic E-state index is -0.105. The van der Waals surface area contributed by atoms with Crippen LogP contribution in [-0.2, 0) is 0 Å². The third kappa shape index (κ3) is 3.38. The number of carbonyl (C=O) groups excluding carboxylic acids is 1. The lowest BCUT2D eigenvalue weighted by Crippen LogP contribution is -2.17. The van der Waals surface area contributed by atoms with Crippen LogP contribution in [0.5, 0.6) is 0 Å². The molecule has 0 aliphatic heterocycles. The zero-order valence-corrected chi connectivity index (χ0v) is 9.06. The standard InChI is InChI=1S/C10H14N4O/c1-11-10(15)8-4-6-9(7-5-8)12-13-14(2)3/h4-7H,1-3H3,(H,11,15). The Bertz CT molecular complexity index is 356. The first-order valence-corrected chi connectivity index (χ1v) is 4.54. The second kappa shape index (κ2) is 5.09. The van der Waals surface area contributed by atoms with Crippen molar-refractivity contribution in [3.63, 3.8) is 0 Å². The van der Waals surface area contributed by atoms with Gasteiger partial charge in [-0.2, -0.15) is 0 Å². The number of rotatable bonds is 3. The van der Waals surface area contributed by atoms with Gasteiger partial charge in [0.2, 0.25) is 0 Å². The zero-order valence-electron chi connectivity index (χ0n) is 9.06. The minimum absolute atomic E-state index is 0.105. The number of hydrogen-bond acceptors (Lipinski definition) is 3. The second-order valence-corrected chi connectivity index (χ2v) is 3.16. The lowest BCUT2D eigenvalue weighted by molar-refractivity contribution is 0.0963. The van der Waals surface area contributed by atoms with Crippen molar-refractivity contribution in [2.24, 2.45) is 10.3 Å². The molecular formula is C10H14N4O. The minimum Gasteiger partial charge on any atom is -0.355 e. The SMILES string of the molecule is CNC(=O)c1ccc(N=NN(C)C)cc1. The highest BCUT2D eigenvalue weighted by molar-refractivity contribution is 5.94. The van der Waals surface area contributed by atoms with E-state index in [1.165, 1.54) is 0 Å². The Balaban J connectivity index is 2.77. The molecule has 0 fully saturated rings.